The normalized spacial score (nSPS) is 10.5. The molecule has 1 aromatic heterocycles. The van der Waals surface area contributed by atoms with Gasteiger partial charge in [0.05, 0.1) is 5.52 Å². The summed E-state index contributed by atoms with van der Waals surface area (Å²) < 4.78 is 5.93. The van der Waals surface area contributed by atoms with Crippen LogP contribution in [0.3, 0.4) is 0 Å². The highest BCUT2D eigenvalue weighted by Gasteiger charge is 2.11. The SMILES string of the molecule is O=C(N=[N+]=NCCc1c[nH]c2c(Oc3ccc(O)cc3)cccc12)c1ccc(O)cc1. The maximum Gasteiger partial charge on any atom is 0.360 e. The van der Waals surface area contributed by atoms with E-state index in [2.05, 4.69) is 20.1 Å². The van der Waals surface area contributed by atoms with Crippen molar-refractivity contribution in [2.24, 2.45) is 10.2 Å². The summed E-state index contributed by atoms with van der Waals surface area (Å²) in [6, 6.07) is 18.1. The van der Waals surface area contributed by atoms with Gasteiger partial charge in [0.25, 0.3) is 0 Å². The molecule has 3 N–H and O–H groups in total. The molecule has 1 heterocycles. The van der Waals surface area contributed by atoms with Crippen LogP contribution in [-0.2, 0) is 6.42 Å². The molecule has 0 aliphatic heterocycles. The molecular formula is C23H19N4O4+. The van der Waals surface area contributed by atoms with Gasteiger partial charge in [-0.3, -0.25) is 4.79 Å². The van der Waals surface area contributed by atoms with Crippen molar-refractivity contribution in [1.82, 2.24) is 9.90 Å². The number of nitrogens with zero attached hydrogens (tertiary/aromatic N) is 3. The number of phenols is 2. The summed E-state index contributed by atoms with van der Waals surface area (Å²) in [5, 5.41) is 27.2. The summed E-state index contributed by atoms with van der Waals surface area (Å²) in [5.41, 5.74) is 2.22. The third kappa shape index (κ3) is 4.77. The maximum absolute atomic E-state index is 11.9. The number of ether oxygens (including phenoxy) is 1. The summed E-state index contributed by atoms with van der Waals surface area (Å²) in [4.78, 5) is 18.7. The number of hydrogen-bond donors (Lipinski definition) is 3. The summed E-state index contributed by atoms with van der Waals surface area (Å²) in [5.74, 6) is 1.03. The number of aromatic hydroxyl groups is 2. The molecule has 0 unspecified atom stereocenters. The lowest BCUT2D eigenvalue weighted by Crippen LogP contribution is -1.94. The molecule has 0 bridgehead atoms. The Balaban J connectivity index is 1.42. The number of fused-ring (bicyclic) bond motifs is 1. The van der Waals surface area contributed by atoms with Crippen molar-refractivity contribution in [2.75, 3.05) is 6.54 Å². The van der Waals surface area contributed by atoms with Gasteiger partial charge in [-0.25, -0.2) is 0 Å². The molecule has 8 nitrogen and oxygen atoms in total. The number of aromatic nitrogens is 1. The van der Waals surface area contributed by atoms with E-state index in [0.29, 0.717) is 30.0 Å². The smallest absolute Gasteiger partial charge is 0.360 e. The number of hydrogen-bond acceptors (Lipinski definition) is 5. The van der Waals surface area contributed by atoms with E-state index in [1.54, 1.807) is 24.3 Å². The Bertz CT molecular complexity index is 1270. The number of H-pyrrole nitrogens is 1. The van der Waals surface area contributed by atoms with Crippen molar-refractivity contribution in [3.63, 3.8) is 0 Å². The maximum atomic E-state index is 11.9. The van der Waals surface area contributed by atoms with Gasteiger partial charge < -0.3 is 19.9 Å². The van der Waals surface area contributed by atoms with Crippen LogP contribution in [0.2, 0.25) is 0 Å². The largest absolute Gasteiger partial charge is 0.508 e. The van der Waals surface area contributed by atoms with Crippen LogP contribution in [0.15, 0.2) is 83.2 Å². The predicted octanol–water partition coefficient (Wildman–Crippen LogP) is 4.73. The number of carbonyl (C=O) groups is 1. The Morgan fingerprint density at radius 2 is 1.68 bits per heavy atom. The molecule has 0 fully saturated rings. The highest BCUT2D eigenvalue weighted by Crippen LogP contribution is 2.31. The van der Waals surface area contributed by atoms with E-state index in [1.807, 2.05) is 24.4 Å². The zero-order valence-electron chi connectivity index (χ0n) is 16.4. The van der Waals surface area contributed by atoms with Gasteiger partial charge >= 0.3 is 5.91 Å². The van der Waals surface area contributed by atoms with E-state index >= 15 is 0 Å². The van der Waals surface area contributed by atoms with Crippen LogP contribution in [0.5, 0.6) is 23.0 Å². The molecule has 0 saturated carbocycles. The first-order chi connectivity index (χ1) is 15.1. The monoisotopic (exact) mass is 415 g/mol. The lowest BCUT2D eigenvalue weighted by atomic mass is 10.1. The van der Waals surface area contributed by atoms with Gasteiger partial charge in [0.2, 0.25) is 10.0 Å². The third-order valence-electron chi connectivity index (χ3n) is 4.62. The van der Waals surface area contributed by atoms with Gasteiger partial charge in [0.15, 0.2) is 5.75 Å². The predicted molar refractivity (Wildman–Crippen MR) is 114 cm³/mol. The fourth-order valence-corrected chi connectivity index (χ4v) is 3.07. The number of aromatic amines is 1. The highest BCUT2D eigenvalue weighted by atomic mass is 16.5. The second-order valence-electron chi connectivity index (χ2n) is 6.75. The number of carbonyl (C=O) groups excluding carboxylic acids is 1. The number of rotatable bonds is 6. The first-order valence-corrected chi connectivity index (χ1v) is 9.57. The van der Waals surface area contributed by atoms with Crippen molar-refractivity contribution in [3.05, 3.63) is 84.1 Å². The van der Waals surface area contributed by atoms with Crippen LogP contribution in [0.4, 0.5) is 0 Å². The van der Waals surface area contributed by atoms with Gasteiger partial charge in [-0.1, -0.05) is 12.1 Å². The van der Waals surface area contributed by atoms with Crippen LogP contribution in [0.25, 0.3) is 10.9 Å². The highest BCUT2D eigenvalue weighted by molar-refractivity contribution is 5.94. The van der Waals surface area contributed by atoms with Gasteiger partial charge in [0, 0.05) is 23.6 Å². The van der Waals surface area contributed by atoms with Crippen molar-refractivity contribution in [3.8, 4) is 23.0 Å². The number of benzene rings is 3. The minimum absolute atomic E-state index is 0.0773. The zero-order chi connectivity index (χ0) is 21.6. The van der Waals surface area contributed by atoms with Crippen LogP contribution in [0.1, 0.15) is 15.9 Å². The number of phenolic OH excluding ortho intramolecular Hbond substituents is 2. The molecule has 1 amide bonds. The van der Waals surface area contributed by atoms with E-state index in [9.17, 15) is 15.0 Å². The molecule has 31 heavy (non-hydrogen) atoms. The molecule has 3 aromatic carbocycles. The van der Waals surface area contributed by atoms with Crippen LogP contribution >= 0.6 is 0 Å². The Morgan fingerprint density at radius 1 is 0.968 bits per heavy atom. The van der Waals surface area contributed by atoms with Crippen molar-refractivity contribution < 1.29 is 19.7 Å². The number of nitrogens with one attached hydrogen (secondary N) is 1. The molecule has 0 atom stereocenters. The average molecular weight is 415 g/mol. The van der Waals surface area contributed by atoms with Gasteiger partial charge in [-0.2, -0.15) is 0 Å². The first-order valence-electron chi connectivity index (χ1n) is 9.57. The molecule has 0 saturated heterocycles. The van der Waals surface area contributed by atoms with Crippen molar-refractivity contribution >= 4 is 16.8 Å². The van der Waals surface area contributed by atoms with Gasteiger partial charge in [0.1, 0.15) is 28.9 Å². The fourth-order valence-electron chi connectivity index (χ4n) is 3.07. The number of para-hydroxylation sites is 1. The van der Waals surface area contributed by atoms with Gasteiger partial charge in [-0.05, 0) is 60.2 Å². The van der Waals surface area contributed by atoms with Gasteiger partial charge in [-0.15, -0.1) is 0 Å². The summed E-state index contributed by atoms with van der Waals surface area (Å²) in [7, 11) is 0. The van der Waals surface area contributed by atoms with Crippen LogP contribution in [0, 0.1) is 0 Å². The molecule has 8 heteroatoms. The molecule has 154 valence electrons. The molecule has 0 aliphatic carbocycles. The second-order valence-corrected chi connectivity index (χ2v) is 6.75. The van der Waals surface area contributed by atoms with Crippen molar-refractivity contribution in [1.29, 1.82) is 0 Å². The Hall–Kier alpha value is -4.42. The molecule has 0 radical (unpaired) electrons. The molecule has 0 spiro atoms. The van der Waals surface area contributed by atoms with Crippen LogP contribution in [-0.4, -0.2) is 27.6 Å². The lowest BCUT2D eigenvalue weighted by molar-refractivity contribution is 0.0992. The second kappa shape index (κ2) is 8.94. The summed E-state index contributed by atoms with van der Waals surface area (Å²) in [6.07, 6.45) is 2.50. The Kier molecular flexibility index (Phi) is 5.73. The van der Waals surface area contributed by atoms with E-state index in [4.69, 9.17) is 4.74 Å². The van der Waals surface area contributed by atoms with E-state index in [0.717, 1.165) is 16.5 Å². The fraction of sp³-hybridized carbons (Fsp3) is 0.0870. The van der Waals surface area contributed by atoms with E-state index in [-0.39, 0.29) is 11.5 Å². The molecular weight excluding hydrogens is 396 g/mol. The minimum atomic E-state index is -0.521. The zero-order valence-corrected chi connectivity index (χ0v) is 16.4. The van der Waals surface area contributed by atoms with E-state index < -0.39 is 5.91 Å². The average Bonchev–Trinajstić information content (AvgIpc) is 3.19. The third-order valence-corrected chi connectivity index (χ3v) is 4.62. The molecule has 0 aliphatic rings. The standard InChI is InChI=1S/C23H18N4O4/c28-17-6-4-15(5-7-17)23(30)26-27-25-13-12-16-14-24-22-20(16)2-1-3-21(22)31-19-10-8-18(29)9-11-19/h1-11,14,24H,12-13H2,(H-,28,29,30)/p+1. The van der Waals surface area contributed by atoms with Crippen LogP contribution < -0.4 is 9.65 Å². The minimum Gasteiger partial charge on any atom is -0.508 e. The van der Waals surface area contributed by atoms with Crippen molar-refractivity contribution in [2.45, 2.75) is 6.42 Å². The number of amides is 1. The topological polar surface area (TPSA) is 121 Å². The van der Waals surface area contributed by atoms with E-state index in [1.165, 1.54) is 24.3 Å². The molecule has 4 aromatic rings. The first kappa shape index (κ1) is 19.9. The molecule has 4 rings (SSSR count). The quantitative estimate of drug-likeness (QED) is 0.311. The summed E-state index contributed by atoms with van der Waals surface area (Å²) in [6.45, 7) is 0.363. The Labute approximate surface area is 177 Å². The summed E-state index contributed by atoms with van der Waals surface area (Å²) >= 11 is 0. The Morgan fingerprint density at radius 3 is 2.42 bits per heavy atom. The lowest BCUT2D eigenvalue weighted by Gasteiger charge is -2.07.